The van der Waals surface area contributed by atoms with E-state index in [0.717, 1.165) is 11.6 Å². The third-order valence-electron chi connectivity index (χ3n) is 5.47. The number of fused-ring (bicyclic) bond motifs is 1. The van der Waals surface area contributed by atoms with Gasteiger partial charge in [0.2, 0.25) is 5.95 Å². The monoisotopic (exact) mass is 490 g/mol. The van der Waals surface area contributed by atoms with E-state index in [4.69, 9.17) is 4.74 Å². The first kappa shape index (κ1) is 24.0. The summed E-state index contributed by atoms with van der Waals surface area (Å²) in [4.78, 5) is 31.2. The summed E-state index contributed by atoms with van der Waals surface area (Å²) in [6, 6.07) is 10.7. The van der Waals surface area contributed by atoms with Crippen molar-refractivity contribution in [3.8, 4) is 0 Å². The van der Waals surface area contributed by atoms with E-state index in [1.165, 1.54) is 18.2 Å². The van der Waals surface area contributed by atoms with Gasteiger partial charge in [0.15, 0.2) is 0 Å². The average molecular weight is 491 g/mol. The van der Waals surface area contributed by atoms with Crippen molar-refractivity contribution in [3.05, 3.63) is 53.6 Å². The molecule has 1 atom stereocenters. The molecule has 8 nitrogen and oxygen atoms in total. The van der Waals surface area contributed by atoms with E-state index in [1.54, 1.807) is 27.9 Å². The lowest BCUT2D eigenvalue weighted by Gasteiger charge is -2.26. The quantitative estimate of drug-likeness (QED) is 0.523. The maximum absolute atomic E-state index is 13.1. The number of benzene rings is 2. The van der Waals surface area contributed by atoms with Crippen molar-refractivity contribution >= 4 is 45.3 Å². The Labute approximate surface area is 197 Å². The van der Waals surface area contributed by atoms with Crippen molar-refractivity contribution in [2.24, 2.45) is 0 Å². The molecule has 2 amide bonds. The van der Waals surface area contributed by atoms with Crippen LogP contribution in [-0.2, 0) is 26.9 Å². The summed E-state index contributed by atoms with van der Waals surface area (Å²) in [5.41, 5.74) is 1.80. The number of aromatic nitrogens is 2. The summed E-state index contributed by atoms with van der Waals surface area (Å²) in [7, 11) is -0.974. The van der Waals surface area contributed by atoms with Crippen molar-refractivity contribution in [2.45, 2.75) is 19.4 Å². The number of aryl methyl sites for hydroxylation is 1. The minimum atomic E-state index is -2.69. The molecule has 0 aliphatic carbocycles. The summed E-state index contributed by atoms with van der Waals surface area (Å²) in [6.45, 7) is 1.32. The Hall–Kier alpha value is -3.18. The number of rotatable bonds is 8. The Bertz CT molecular complexity index is 1250. The number of carbonyl (C=O) groups excluding carboxylic acids is 2. The predicted molar refractivity (Wildman–Crippen MR) is 126 cm³/mol. The molecule has 1 N–H and O–H groups in total. The predicted octanol–water partition coefficient (Wildman–Crippen LogP) is 3.36. The van der Waals surface area contributed by atoms with Crippen LogP contribution in [0.5, 0.6) is 0 Å². The van der Waals surface area contributed by atoms with E-state index in [2.05, 4.69) is 10.3 Å². The molecule has 1 unspecified atom stereocenters. The fraction of sp³-hybridized carbons (Fsp3) is 0.348. The van der Waals surface area contributed by atoms with Crippen molar-refractivity contribution in [3.63, 3.8) is 0 Å². The zero-order chi connectivity index (χ0) is 24.2. The molecule has 0 radical (unpaired) electrons. The number of ether oxygens (including phenoxy) is 1. The Morgan fingerprint density at radius 1 is 1.26 bits per heavy atom. The highest BCUT2D eigenvalue weighted by atomic mass is 32.2. The van der Waals surface area contributed by atoms with Gasteiger partial charge in [-0.15, -0.1) is 0 Å². The molecule has 4 rings (SSSR count). The lowest BCUT2D eigenvalue weighted by atomic mass is 10.1. The number of alkyl halides is 2. The lowest BCUT2D eigenvalue weighted by Crippen LogP contribution is -2.41. The first-order chi connectivity index (χ1) is 16.3. The van der Waals surface area contributed by atoms with Crippen LogP contribution in [0.25, 0.3) is 11.0 Å². The van der Waals surface area contributed by atoms with E-state index < -0.39 is 23.1 Å². The van der Waals surface area contributed by atoms with Crippen LogP contribution < -0.4 is 10.2 Å². The number of halogens is 2. The lowest BCUT2D eigenvalue weighted by molar-refractivity contribution is -0.125. The number of hydrogen-bond acceptors (Lipinski definition) is 5. The second-order valence-electron chi connectivity index (χ2n) is 7.87. The van der Waals surface area contributed by atoms with Crippen LogP contribution in [0.15, 0.2) is 42.5 Å². The van der Waals surface area contributed by atoms with E-state index in [9.17, 15) is 22.6 Å². The van der Waals surface area contributed by atoms with Crippen LogP contribution in [0.1, 0.15) is 28.8 Å². The van der Waals surface area contributed by atoms with Crippen LogP contribution in [0.3, 0.4) is 0 Å². The van der Waals surface area contributed by atoms with Gasteiger partial charge in [-0.25, -0.2) is 13.8 Å². The average Bonchev–Trinajstić information content (AvgIpc) is 3.15. The van der Waals surface area contributed by atoms with Gasteiger partial charge in [0.25, 0.3) is 18.2 Å². The smallest absolute Gasteiger partial charge is 0.263 e. The minimum Gasteiger partial charge on any atom is -0.370 e. The Balaban J connectivity index is 1.66. The molecule has 0 spiro atoms. The maximum atomic E-state index is 13.1. The summed E-state index contributed by atoms with van der Waals surface area (Å²) in [6.07, 6.45) is -0.480. The van der Waals surface area contributed by atoms with E-state index >= 15 is 0 Å². The number of anilines is 2. The Kier molecular flexibility index (Phi) is 7.32. The van der Waals surface area contributed by atoms with Gasteiger partial charge in [-0.3, -0.25) is 19.1 Å². The molecule has 180 valence electrons. The second kappa shape index (κ2) is 10.4. The molecule has 1 saturated heterocycles. The zero-order valence-corrected chi connectivity index (χ0v) is 19.3. The van der Waals surface area contributed by atoms with Gasteiger partial charge in [0.05, 0.1) is 17.6 Å². The number of amides is 2. The molecule has 0 saturated carbocycles. The first-order valence-electron chi connectivity index (χ1n) is 10.7. The number of carbonyl (C=O) groups is 2. The molecular weight excluding hydrogens is 466 g/mol. The van der Waals surface area contributed by atoms with E-state index in [0.29, 0.717) is 43.1 Å². The third-order valence-corrected chi connectivity index (χ3v) is 6.33. The maximum Gasteiger partial charge on any atom is 0.263 e. The van der Waals surface area contributed by atoms with Crippen molar-refractivity contribution in [1.29, 1.82) is 0 Å². The van der Waals surface area contributed by atoms with Crippen LogP contribution >= 0.6 is 0 Å². The highest BCUT2D eigenvalue weighted by Gasteiger charge is 2.22. The van der Waals surface area contributed by atoms with Gasteiger partial charge in [-0.2, -0.15) is 0 Å². The Morgan fingerprint density at radius 3 is 2.82 bits per heavy atom. The molecule has 1 aromatic heterocycles. The molecule has 11 heteroatoms. The fourth-order valence-corrected chi connectivity index (χ4v) is 4.35. The first-order valence-corrected chi connectivity index (χ1v) is 12.4. The van der Waals surface area contributed by atoms with E-state index in [1.807, 2.05) is 6.07 Å². The SMILES string of the molecule is CS(=O)CCCn1c(NC(=O)c2cccc(C(F)F)c2)nc2cc(N3CCOCC3=O)ccc21. The van der Waals surface area contributed by atoms with Gasteiger partial charge < -0.3 is 14.2 Å². The molecule has 34 heavy (non-hydrogen) atoms. The van der Waals surface area contributed by atoms with E-state index in [-0.39, 0.29) is 29.6 Å². The van der Waals surface area contributed by atoms with Crippen molar-refractivity contribution < 1.29 is 27.3 Å². The molecule has 2 heterocycles. The molecule has 3 aromatic rings. The number of nitrogens with one attached hydrogen (secondary N) is 1. The molecule has 1 aliphatic rings. The number of morpholine rings is 1. The van der Waals surface area contributed by atoms with Crippen LogP contribution in [0.4, 0.5) is 20.4 Å². The van der Waals surface area contributed by atoms with Crippen molar-refractivity contribution in [1.82, 2.24) is 9.55 Å². The summed E-state index contributed by atoms with van der Waals surface area (Å²) in [5, 5.41) is 2.72. The highest BCUT2D eigenvalue weighted by Crippen LogP contribution is 2.27. The van der Waals surface area contributed by atoms with Crippen LogP contribution in [0, 0.1) is 0 Å². The zero-order valence-electron chi connectivity index (χ0n) is 18.5. The normalized spacial score (nSPS) is 15.2. The van der Waals surface area contributed by atoms with Crippen LogP contribution in [0.2, 0.25) is 0 Å². The Morgan fingerprint density at radius 2 is 2.09 bits per heavy atom. The highest BCUT2D eigenvalue weighted by molar-refractivity contribution is 7.84. The van der Waals surface area contributed by atoms with Gasteiger partial charge in [-0.05, 0) is 36.8 Å². The molecule has 0 bridgehead atoms. The minimum absolute atomic E-state index is 0.0135. The van der Waals surface area contributed by atoms with Gasteiger partial charge in [0.1, 0.15) is 6.61 Å². The number of hydrogen-bond donors (Lipinski definition) is 1. The summed E-state index contributed by atoms with van der Waals surface area (Å²) < 4.78 is 44.6. The van der Waals surface area contributed by atoms with Gasteiger partial charge in [-0.1, -0.05) is 12.1 Å². The number of imidazole rings is 1. The van der Waals surface area contributed by atoms with Crippen LogP contribution in [-0.4, -0.2) is 57.3 Å². The topological polar surface area (TPSA) is 93.5 Å². The van der Waals surface area contributed by atoms with Gasteiger partial charge >= 0.3 is 0 Å². The molecule has 1 fully saturated rings. The molecule has 2 aromatic carbocycles. The van der Waals surface area contributed by atoms with Gasteiger partial charge in [0, 0.05) is 52.7 Å². The second-order valence-corrected chi connectivity index (χ2v) is 9.42. The standard InChI is InChI=1S/C23H24F2N4O4S/c1-34(32)11-3-8-29-19-7-6-17(28-9-10-33-14-20(28)30)13-18(19)26-23(29)27-22(31)16-5-2-4-15(12-16)21(24)25/h2,4-7,12-13,21H,3,8-11,14H2,1H3,(H,26,27,31). The fourth-order valence-electron chi connectivity index (χ4n) is 3.81. The number of nitrogens with zero attached hydrogens (tertiary/aromatic N) is 3. The summed E-state index contributed by atoms with van der Waals surface area (Å²) >= 11 is 0. The summed E-state index contributed by atoms with van der Waals surface area (Å²) in [5.74, 6) is 0.00326. The third kappa shape index (κ3) is 5.31. The molecular formula is C23H24F2N4O4S. The largest absolute Gasteiger partial charge is 0.370 e. The molecule has 1 aliphatic heterocycles. The van der Waals surface area contributed by atoms with Crippen molar-refractivity contribution in [2.75, 3.05) is 42.0 Å².